The molecule has 0 aliphatic heterocycles. The normalized spacial score (nSPS) is 11.1. The molecule has 1 aromatic carbocycles. The van der Waals surface area contributed by atoms with Gasteiger partial charge in [-0.2, -0.15) is 10.2 Å². The Bertz CT molecular complexity index is 1000. The lowest BCUT2D eigenvalue weighted by molar-refractivity contribution is 0.103. The number of benzene rings is 1. The summed E-state index contributed by atoms with van der Waals surface area (Å²) >= 11 is 1.29. The maximum absolute atomic E-state index is 12.4. The number of nitrogens with zero attached hydrogens (tertiary/aromatic N) is 2. The van der Waals surface area contributed by atoms with Crippen molar-refractivity contribution in [3.63, 3.8) is 0 Å². The Balaban J connectivity index is 1.75. The number of amides is 1. The zero-order valence-corrected chi connectivity index (χ0v) is 14.8. The van der Waals surface area contributed by atoms with E-state index in [1.54, 1.807) is 42.6 Å². The second kappa shape index (κ2) is 6.99. The van der Waals surface area contributed by atoms with Crippen LogP contribution in [-0.2, 0) is 10.0 Å². The summed E-state index contributed by atoms with van der Waals surface area (Å²) in [5.74, 6) is -0.281. The molecule has 3 rings (SSSR count). The van der Waals surface area contributed by atoms with E-state index in [4.69, 9.17) is 0 Å². The van der Waals surface area contributed by atoms with Crippen LogP contribution in [-0.4, -0.2) is 30.8 Å². The van der Waals surface area contributed by atoms with E-state index in [1.807, 2.05) is 11.4 Å². The number of carbonyl (C=O) groups excluding carboxylic acids is 1. The van der Waals surface area contributed by atoms with Crippen LogP contribution in [0, 0.1) is 0 Å². The number of nitrogens with one attached hydrogen (secondary N) is 2. The van der Waals surface area contributed by atoms with Gasteiger partial charge in [0.1, 0.15) is 0 Å². The van der Waals surface area contributed by atoms with E-state index < -0.39 is 10.0 Å². The SMILES string of the molecule is CS(=O)(=O)Nc1cccc(NC(=O)c2cc(-c3cccnn3)cs2)c1. The predicted octanol–water partition coefficient (Wildman–Crippen LogP) is 2.83. The third kappa shape index (κ3) is 4.61. The average molecular weight is 374 g/mol. The number of anilines is 2. The fourth-order valence-electron chi connectivity index (χ4n) is 2.11. The Labute approximate surface area is 148 Å². The van der Waals surface area contributed by atoms with Gasteiger partial charge in [0.05, 0.1) is 22.5 Å². The lowest BCUT2D eigenvalue weighted by Gasteiger charge is -2.07. The molecule has 0 spiro atoms. The standard InChI is InChI=1S/C16H14N4O3S2/c1-25(22,23)20-13-5-2-4-12(9-13)18-16(21)15-8-11(10-24-15)14-6-3-7-17-19-14/h2-10,20H,1H3,(H,18,21). The Kier molecular flexibility index (Phi) is 4.77. The van der Waals surface area contributed by atoms with Gasteiger partial charge in [0.25, 0.3) is 5.91 Å². The smallest absolute Gasteiger partial charge is 0.265 e. The van der Waals surface area contributed by atoms with Crippen LogP contribution < -0.4 is 10.0 Å². The van der Waals surface area contributed by atoms with E-state index in [2.05, 4.69) is 20.2 Å². The lowest BCUT2D eigenvalue weighted by Crippen LogP contribution is -2.12. The summed E-state index contributed by atoms with van der Waals surface area (Å²) in [4.78, 5) is 12.9. The molecule has 7 nitrogen and oxygen atoms in total. The minimum atomic E-state index is -3.38. The van der Waals surface area contributed by atoms with Crippen molar-refractivity contribution >= 4 is 38.6 Å². The molecule has 2 heterocycles. The highest BCUT2D eigenvalue weighted by atomic mass is 32.2. The number of hydrogen-bond donors (Lipinski definition) is 2. The average Bonchev–Trinajstić information content (AvgIpc) is 3.04. The summed E-state index contributed by atoms with van der Waals surface area (Å²) < 4.78 is 24.9. The molecule has 25 heavy (non-hydrogen) atoms. The second-order valence-corrected chi connectivity index (χ2v) is 7.88. The molecule has 3 aromatic rings. The first-order chi connectivity index (χ1) is 11.9. The highest BCUT2D eigenvalue weighted by Crippen LogP contribution is 2.25. The minimum absolute atomic E-state index is 0.281. The molecule has 0 aliphatic rings. The van der Waals surface area contributed by atoms with Gasteiger partial charge >= 0.3 is 0 Å². The van der Waals surface area contributed by atoms with Crippen LogP contribution in [0.1, 0.15) is 9.67 Å². The first kappa shape index (κ1) is 17.1. The first-order valence-electron chi connectivity index (χ1n) is 7.16. The zero-order valence-electron chi connectivity index (χ0n) is 13.1. The highest BCUT2D eigenvalue weighted by molar-refractivity contribution is 7.92. The number of aromatic nitrogens is 2. The molecule has 128 valence electrons. The molecular formula is C16H14N4O3S2. The summed E-state index contributed by atoms with van der Waals surface area (Å²) in [7, 11) is -3.38. The molecule has 2 aromatic heterocycles. The zero-order chi connectivity index (χ0) is 17.9. The lowest BCUT2D eigenvalue weighted by atomic mass is 10.2. The van der Waals surface area contributed by atoms with Crippen molar-refractivity contribution in [1.29, 1.82) is 0 Å². The Hall–Kier alpha value is -2.78. The van der Waals surface area contributed by atoms with E-state index in [1.165, 1.54) is 11.3 Å². The minimum Gasteiger partial charge on any atom is -0.321 e. The van der Waals surface area contributed by atoms with Crippen molar-refractivity contribution in [1.82, 2.24) is 10.2 Å². The van der Waals surface area contributed by atoms with Gasteiger partial charge in [0, 0.05) is 22.8 Å². The summed E-state index contributed by atoms with van der Waals surface area (Å²) in [6.07, 6.45) is 2.65. The molecule has 2 N–H and O–H groups in total. The molecule has 0 saturated carbocycles. The van der Waals surface area contributed by atoms with Crippen LogP contribution in [0.5, 0.6) is 0 Å². The number of hydrogen-bond acceptors (Lipinski definition) is 6. The van der Waals surface area contributed by atoms with E-state index in [-0.39, 0.29) is 5.91 Å². The first-order valence-corrected chi connectivity index (χ1v) is 9.94. The molecule has 1 amide bonds. The van der Waals surface area contributed by atoms with Crippen LogP contribution in [0.2, 0.25) is 0 Å². The maximum Gasteiger partial charge on any atom is 0.265 e. The molecule has 0 atom stereocenters. The van der Waals surface area contributed by atoms with Crippen molar-refractivity contribution in [3.05, 3.63) is 58.9 Å². The molecule has 0 aliphatic carbocycles. The number of sulfonamides is 1. The third-order valence-electron chi connectivity index (χ3n) is 3.11. The van der Waals surface area contributed by atoms with E-state index in [0.717, 1.165) is 11.8 Å². The number of thiophene rings is 1. The van der Waals surface area contributed by atoms with E-state index in [0.29, 0.717) is 21.9 Å². The van der Waals surface area contributed by atoms with Crippen LogP contribution in [0.3, 0.4) is 0 Å². The Morgan fingerprint density at radius 1 is 1.12 bits per heavy atom. The van der Waals surface area contributed by atoms with Gasteiger partial charge in [-0.05, 0) is 36.4 Å². The van der Waals surface area contributed by atoms with Gasteiger partial charge in [0.15, 0.2) is 0 Å². The van der Waals surface area contributed by atoms with Crippen molar-refractivity contribution in [2.45, 2.75) is 0 Å². The van der Waals surface area contributed by atoms with Crippen molar-refractivity contribution in [3.8, 4) is 11.3 Å². The van der Waals surface area contributed by atoms with Crippen LogP contribution in [0.25, 0.3) is 11.3 Å². The van der Waals surface area contributed by atoms with Gasteiger partial charge in [-0.3, -0.25) is 9.52 Å². The second-order valence-electron chi connectivity index (χ2n) is 5.22. The van der Waals surface area contributed by atoms with Crippen LogP contribution >= 0.6 is 11.3 Å². The highest BCUT2D eigenvalue weighted by Gasteiger charge is 2.12. The monoisotopic (exact) mass is 374 g/mol. The van der Waals surface area contributed by atoms with E-state index in [9.17, 15) is 13.2 Å². The fourth-order valence-corrected chi connectivity index (χ4v) is 3.46. The van der Waals surface area contributed by atoms with E-state index >= 15 is 0 Å². The van der Waals surface area contributed by atoms with Gasteiger partial charge in [0.2, 0.25) is 10.0 Å². The van der Waals surface area contributed by atoms with Gasteiger partial charge in [-0.1, -0.05) is 6.07 Å². The molecule has 0 fully saturated rings. The fraction of sp³-hybridized carbons (Fsp3) is 0.0625. The quantitative estimate of drug-likeness (QED) is 0.715. The van der Waals surface area contributed by atoms with Gasteiger partial charge < -0.3 is 5.32 Å². The summed E-state index contributed by atoms with van der Waals surface area (Å²) in [5.41, 5.74) is 2.38. The summed E-state index contributed by atoms with van der Waals surface area (Å²) in [6.45, 7) is 0. The molecule has 0 unspecified atom stereocenters. The molecule has 0 radical (unpaired) electrons. The van der Waals surface area contributed by atoms with Crippen LogP contribution in [0.4, 0.5) is 11.4 Å². The molecule has 0 saturated heterocycles. The van der Waals surface area contributed by atoms with Crippen molar-refractivity contribution in [2.75, 3.05) is 16.3 Å². The Morgan fingerprint density at radius 3 is 2.64 bits per heavy atom. The molecular weight excluding hydrogens is 360 g/mol. The predicted molar refractivity (Wildman–Crippen MR) is 98.2 cm³/mol. The number of rotatable bonds is 5. The topological polar surface area (TPSA) is 101 Å². The summed E-state index contributed by atoms with van der Waals surface area (Å²) in [6, 6.07) is 11.8. The molecule has 9 heteroatoms. The Morgan fingerprint density at radius 2 is 1.92 bits per heavy atom. The van der Waals surface area contributed by atoms with Gasteiger partial charge in [-0.15, -0.1) is 11.3 Å². The largest absolute Gasteiger partial charge is 0.321 e. The number of carbonyl (C=O) groups is 1. The third-order valence-corrected chi connectivity index (χ3v) is 4.65. The molecule has 0 bridgehead atoms. The van der Waals surface area contributed by atoms with Crippen molar-refractivity contribution < 1.29 is 13.2 Å². The van der Waals surface area contributed by atoms with Crippen molar-refractivity contribution in [2.24, 2.45) is 0 Å². The van der Waals surface area contributed by atoms with Crippen LogP contribution in [0.15, 0.2) is 54.0 Å². The van der Waals surface area contributed by atoms with Gasteiger partial charge in [-0.25, -0.2) is 8.42 Å². The summed E-state index contributed by atoms with van der Waals surface area (Å²) in [5, 5.41) is 12.4. The maximum atomic E-state index is 12.4.